The predicted octanol–water partition coefficient (Wildman–Crippen LogP) is 6.94. The molecule has 0 aliphatic rings. The first-order valence-corrected chi connectivity index (χ1v) is 12.4. The van der Waals surface area contributed by atoms with E-state index in [4.69, 9.17) is 19.1 Å². The van der Waals surface area contributed by atoms with E-state index < -0.39 is 5.60 Å². The molecule has 198 valence electrons. The van der Waals surface area contributed by atoms with E-state index in [2.05, 4.69) is 63.2 Å². The number of methoxy groups -OCH3 is 1. The van der Waals surface area contributed by atoms with Crippen LogP contribution in [-0.4, -0.2) is 38.0 Å². The molecule has 0 aliphatic heterocycles. The van der Waals surface area contributed by atoms with E-state index in [0.717, 1.165) is 29.9 Å². The third kappa shape index (κ3) is 9.14. The van der Waals surface area contributed by atoms with Crippen molar-refractivity contribution < 1.29 is 24.2 Å². The second-order valence-electron chi connectivity index (χ2n) is 8.42. The van der Waals surface area contributed by atoms with Gasteiger partial charge in [-0.15, -0.1) is 0 Å². The van der Waals surface area contributed by atoms with Gasteiger partial charge in [0.25, 0.3) is 0 Å². The fraction of sp³-hybridized carbons (Fsp3) is 0.533. The summed E-state index contributed by atoms with van der Waals surface area (Å²) in [4.78, 5) is 16.0. The molecule has 5 nitrogen and oxygen atoms in total. The van der Waals surface area contributed by atoms with Gasteiger partial charge in [0, 0.05) is 11.3 Å². The van der Waals surface area contributed by atoms with Crippen LogP contribution in [0, 0.1) is 12.8 Å². The maximum Gasteiger partial charge on any atom is 0.121 e. The summed E-state index contributed by atoms with van der Waals surface area (Å²) in [5.41, 5.74) is 3.05. The van der Waals surface area contributed by atoms with Crippen molar-refractivity contribution in [2.75, 3.05) is 13.7 Å². The van der Waals surface area contributed by atoms with Crippen LogP contribution < -0.4 is 9.47 Å². The second kappa shape index (κ2) is 17.7. The standard InChI is InChI=1S/C26H38O3.C2H6.2CH2O/c1-8-25(6,27)20(5)18-29-23-14-11-21(12-15-23)26(9-2,10-3)22-13-16-24(28-7)19(4)17-22;3*1-2/h11-17,20,27H,8-10,18H2,1-7H3;1-2H3;2*1H2. The van der Waals surface area contributed by atoms with Crippen LogP contribution >= 0.6 is 0 Å². The summed E-state index contributed by atoms with van der Waals surface area (Å²) in [6, 6.07) is 15.0. The van der Waals surface area contributed by atoms with Gasteiger partial charge in [0.1, 0.15) is 25.1 Å². The van der Waals surface area contributed by atoms with Gasteiger partial charge in [-0.05, 0) is 68.0 Å². The number of benzene rings is 2. The molecule has 0 aromatic heterocycles. The zero-order chi connectivity index (χ0) is 27.7. The van der Waals surface area contributed by atoms with Gasteiger partial charge in [-0.2, -0.15) is 0 Å². The number of rotatable bonds is 10. The fourth-order valence-electron chi connectivity index (χ4n) is 4.03. The minimum absolute atomic E-state index is 0.0330. The molecule has 0 fully saturated rings. The lowest BCUT2D eigenvalue weighted by atomic mass is 9.70. The Bertz CT molecular complexity index is 808. The van der Waals surface area contributed by atoms with Crippen LogP contribution in [-0.2, 0) is 15.0 Å². The van der Waals surface area contributed by atoms with E-state index in [0.29, 0.717) is 13.0 Å². The molecule has 0 saturated carbocycles. The summed E-state index contributed by atoms with van der Waals surface area (Å²) < 4.78 is 11.4. The van der Waals surface area contributed by atoms with Crippen molar-refractivity contribution in [2.24, 2.45) is 5.92 Å². The number of carbonyl (C=O) groups is 2. The summed E-state index contributed by atoms with van der Waals surface area (Å²) in [6.45, 7) is 21.0. The zero-order valence-electron chi connectivity index (χ0n) is 23.4. The number of hydrogen-bond donors (Lipinski definition) is 1. The van der Waals surface area contributed by atoms with Gasteiger partial charge in [-0.1, -0.05) is 65.8 Å². The van der Waals surface area contributed by atoms with Gasteiger partial charge in [0.15, 0.2) is 0 Å². The molecule has 2 aromatic carbocycles. The van der Waals surface area contributed by atoms with Gasteiger partial charge in [0.05, 0.1) is 19.3 Å². The van der Waals surface area contributed by atoms with Crippen molar-refractivity contribution >= 4 is 13.6 Å². The summed E-state index contributed by atoms with van der Waals surface area (Å²) in [6.07, 6.45) is 2.75. The topological polar surface area (TPSA) is 72.8 Å². The predicted molar refractivity (Wildman–Crippen MR) is 147 cm³/mol. The minimum Gasteiger partial charge on any atom is -0.496 e. The third-order valence-corrected chi connectivity index (χ3v) is 6.84. The van der Waals surface area contributed by atoms with Crippen molar-refractivity contribution in [1.82, 2.24) is 0 Å². The SMILES string of the molecule is C=O.C=O.CC.CCC(CC)(c1ccc(OCC(C)C(C)(O)CC)cc1)c1ccc(OC)c(C)c1. The second-order valence-corrected chi connectivity index (χ2v) is 8.42. The monoisotopic (exact) mass is 488 g/mol. The van der Waals surface area contributed by atoms with E-state index in [1.807, 2.05) is 48.2 Å². The number of hydrogen-bond acceptors (Lipinski definition) is 5. The van der Waals surface area contributed by atoms with Crippen LogP contribution in [0.4, 0.5) is 0 Å². The molecule has 2 aromatic rings. The minimum atomic E-state index is -0.703. The van der Waals surface area contributed by atoms with Crippen LogP contribution in [0.25, 0.3) is 0 Å². The van der Waals surface area contributed by atoms with E-state index in [1.165, 1.54) is 11.1 Å². The van der Waals surface area contributed by atoms with Crippen molar-refractivity contribution in [3.8, 4) is 11.5 Å². The molecule has 0 spiro atoms. The third-order valence-electron chi connectivity index (χ3n) is 6.84. The summed E-state index contributed by atoms with van der Waals surface area (Å²) in [5.74, 6) is 1.84. The van der Waals surface area contributed by atoms with E-state index in [1.54, 1.807) is 7.11 Å². The highest BCUT2D eigenvalue weighted by Crippen LogP contribution is 2.40. The first kappa shape index (κ1) is 34.5. The van der Waals surface area contributed by atoms with Gasteiger partial charge in [0.2, 0.25) is 0 Å². The van der Waals surface area contributed by atoms with Gasteiger partial charge in [-0.3, -0.25) is 0 Å². The Morgan fingerprint density at radius 1 is 0.886 bits per heavy atom. The highest BCUT2D eigenvalue weighted by atomic mass is 16.5. The molecule has 0 saturated heterocycles. The van der Waals surface area contributed by atoms with Crippen molar-refractivity contribution in [2.45, 2.75) is 85.7 Å². The fourth-order valence-corrected chi connectivity index (χ4v) is 4.03. The highest BCUT2D eigenvalue weighted by molar-refractivity contribution is 5.46. The van der Waals surface area contributed by atoms with Gasteiger partial charge >= 0.3 is 0 Å². The van der Waals surface area contributed by atoms with Crippen LogP contribution in [0.2, 0.25) is 0 Å². The lowest BCUT2D eigenvalue weighted by molar-refractivity contribution is -0.0987. The summed E-state index contributed by atoms with van der Waals surface area (Å²) in [5, 5.41) is 10.4. The Morgan fingerprint density at radius 2 is 1.37 bits per heavy atom. The highest BCUT2D eigenvalue weighted by Gasteiger charge is 2.31. The number of ether oxygens (including phenoxy) is 2. The Kier molecular flexibility index (Phi) is 17.5. The maximum absolute atomic E-state index is 10.4. The van der Waals surface area contributed by atoms with E-state index in [9.17, 15) is 5.11 Å². The molecule has 0 heterocycles. The summed E-state index contributed by atoms with van der Waals surface area (Å²) in [7, 11) is 1.72. The number of aliphatic hydroxyl groups is 1. The quantitative estimate of drug-likeness (QED) is 0.392. The van der Waals surface area contributed by atoms with Crippen molar-refractivity contribution in [3.05, 3.63) is 59.2 Å². The first-order chi connectivity index (χ1) is 16.7. The molecule has 2 rings (SSSR count). The lowest BCUT2D eigenvalue weighted by Gasteiger charge is -2.34. The van der Waals surface area contributed by atoms with Gasteiger partial charge < -0.3 is 24.2 Å². The summed E-state index contributed by atoms with van der Waals surface area (Å²) >= 11 is 0. The zero-order valence-corrected chi connectivity index (χ0v) is 23.4. The van der Waals surface area contributed by atoms with Crippen molar-refractivity contribution in [3.63, 3.8) is 0 Å². The number of carbonyl (C=O) groups excluding carboxylic acids is 2. The average Bonchev–Trinajstić information content (AvgIpc) is 2.92. The molecular formula is C30H48O5. The smallest absolute Gasteiger partial charge is 0.121 e. The molecule has 0 radical (unpaired) electrons. The van der Waals surface area contributed by atoms with Crippen LogP contribution in [0.5, 0.6) is 11.5 Å². The molecule has 0 aliphatic carbocycles. The normalized spacial score (nSPS) is 12.7. The maximum atomic E-state index is 10.4. The number of aryl methyl sites for hydroxylation is 1. The molecule has 2 atom stereocenters. The molecule has 2 unspecified atom stereocenters. The van der Waals surface area contributed by atoms with E-state index in [-0.39, 0.29) is 11.3 Å². The van der Waals surface area contributed by atoms with Crippen LogP contribution in [0.3, 0.4) is 0 Å². The largest absolute Gasteiger partial charge is 0.496 e. The Morgan fingerprint density at radius 3 is 1.77 bits per heavy atom. The molecule has 0 bridgehead atoms. The van der Waals surface area contributed by atoms with E-state index >= 15 is 0 Å². The molecule has 1 N–H and O–H groups in total. The molecule has 35 heavy (non-hydrogen) atoms. The Labute approximate surface area is 213 Å². The van der Waals surface area contributed by atoms with Crippen molar-refractivity contribution in [1.29, 1.82) is 0 Å². The van der Waals surface area contributed by atoms with Crippen LogP contribution in [0.15, 0.2) is 42.5 Å². The first-order valence-electron chi connectivity index (χ1n) is 12.4. The molecular weight excluding hydrogens is 440 g/mol. The lowest BCUT2D eigenvalue weighted by Crippen LogP contribution is -2.35. The van der Waals surface area contributed by atoms with Gasteiger partial charge in [-0.25, -0.2) is 0 Å². The average molecular weight is 489 g/mol. The molecule has 0 amide bonds. The molecule has 5 heteroatoms. The Balaban J connectivity index is 0. The van der Waals surface area contributed by atoms with Crippen LogP contribution in [0.1, 0.15) is 84.4 Å². The Hall–Kier alpha value is -2.66.